The highest BCUT2D eigenvalue weighted by Crippen LogP contribution is 2.31. The van der Waals surface area contributed by atoms with Crippen LogP contribution in [0.2, 0.25) is 0 Å². The molecule has 0 amide bonds. The highest BCUT2D eigenvalue weighted by molar-refractivity contribution is 14.1. The minimum Gasteiger partial charge on any atom is -0.323 e. The molecule has 0 radical (unpaired) electrons. The number of nitrogens with one attached hydrogen (secondary N) is 1. The number of rotatable bonds is 7. The van der Waals surface area contributed by atoms with Crippen molar-refractivity contribution >= 4 is 66.7 Å². The van der Waals surface area contributed by atoms with Gasteiger partial charge in [-0.1, -0.05) is 28.7 Å². The number of nitrogens with zero attached hydrogens (tertiary/aromatic N) is 6. The van der Waals surface area contributed by atoms with E-state index in [1.165, 1.54) is 4.68 Å². The Morgan fingerprint density at radius 1 is 1.42 bits per heavy atom. The van der Waals surface area contributed by atoms with Crippen LogP contribution >= 0.6 is 33.9 Å². The van der Waals surface area contributed by atoms with Crippen LogP contribution in [0.4, 0.5) is 0 Å². The van der Waals surface area contributed by atoms with Crippen molar-refractivity contribution in [1.82, 2.24) is 29.5 Å². The van der Waals surface area contributed by atoms with Gasteiger partial charge in [0.25, 0.3) is 5.56 Å². The fourth-order valence-electron chi connectivity index (χ4n) is 3.28. The lowest BCUT2D eigenvalue weighted by atomic mass is 10.3. The van der Waals surface area contributed by atoms with Gasteiger partial charge in [0.2, 0.25) is 0 Å². The van der Waals surface area contributed by atoms with Gasteiger partial charge in [0.1, 0.15) is 10.5 Å². The topological polar surface area (TPSA) is 111 Å². The van der Waals surface area contributed by atoms with Crippen LogP contribution in [-0.2, 0) is 24.8 Å². The number of halogens is 1. The summed E-state index contributed by atoms with van der Waals surface area (Å²) >= 11 is 3.56. The Morgan fingerprint density at radius 3 is 2.90 bits per heavy atom. The summed E-state index contributed by atoms with van der Waals surface area (Å²) in [6.45, 7) is 3.70. The summed E-state index contributed by atoms with van der Waals surface area (Å²) in [5.41, 5.74) is 3.04. The summed E-state index contributed by atoms with van der Waals surface area (Å²) in [7, 11) is 1.84. The van der Waals surface area contributed by atoms with Crippen molar-refractivity contribution in [2.24, 2.45) is 12.0 Å². The number of H-pyrrole nitrogens is 1. The number of alkyl halides is 1. The number of carbonyl (C=O) groups excluding carboxylic acids is 1. The number of aliphatic imine (C=N–C) groups is 1. The lowest BCUT2D eigenvalue weighted by Crippen LogP contribution is -2.25. The van der Waals surface area contributed by atoms with Gasteiger partial charge in [-0.05, 0) is 19.9 Å². The molecule has 0 saturated carbocycles. The van der Waals surface area contributed by atoms with Crippen LogP contribution in [0.15, 0.2) is 40.0 Å². The van der Waals surface area contributed by atoms with Crippen LogP contribution in [0, 0.1) is 0 Å². The van der Waals surface area contributed by atoms with Crippen molar-refractivity contribution in [2.75, 3.05) is 4.43 Å². The zero-order chi connectivity index (χ0) is 22.1. The van der Waals surface area contributed by atoms with E-state index >= 15 is 0 Å². The van der Waals surface area contributed by atoms with E-state index in [-0.39, 0.29) is 17.9 Å². The number of ketones is 1. The third-order valence-electron chi connectivity index (χ3n) is 4.94. The van der Waals surface area contributed by atoms with Crippen molar-refractivity contribution in [3.8, 4) is 0 Å². The first-order valence-electron chi connectivity index (χ1n) is 9.55. The molecule has 160 valence electrons. The lowest BCUT2D eigenvalue weighted by Gasteiger charge is -2.07. The van der Waals surface area contributed by atoms with Gasteiger partial charge in [0.15, 0.2) is 11.4 Å². The first kappa shape index (κ1) is 21.6. The number of thiazole rings is 1. The molecule has 31 heavy (non-hydrogen) atoms. The second-order valence-corrected chi connectivity index (χ2v) is 8.81. The van der Waals surface area contributed by atoms with E-state index in [9.17, 15) is 9.59 Å². The number of hydrogen-bond donors (Lipinski definition) is 1. The number of aromatic amines is 1. The van der Waals surface area contributed by atoms with E-state index in [1.54, 1.807) is 36.7 Å². The zero-order valence-corrected chi connectivity index (χ0v) is 20.2. The summed E-state index contributed by atoms with van der Waals surface area (Å²) < 4.78 is 4.49. The van der Waals surface area contributed by atoms with Gasteiger partial charge in [0.05, 0.1) is 39.0 Å². The quantitative estimate of drug-likeness (QED) is 0.217. The summed E-state index contributed by atoms with van der Waals surface area (Å²) in [4.78, 5) is 34.1. The van der Waals surface area contributed by atoms with Crippen molar-refractivity contribution < 1.29 is 4.79 Å². The minimum absolute atomic E-state index is 0.0323. The van der Waals surface area contributed by atoms with E-state index in [1.807, 2.05) is 47.2 Å². The third kappa shape index (κ3) is 4.11. The number of aryl methyl sites for hydroxylation is 1. The van der Waals surface area contributed by atoms with E-state index in [0.29, 0.717) is 27.8 Å². The minimum atomic E-state index is -0.216. The van der Waals surface area contributed by atoms with Crippen LogP contribution in [0.3, 0.4) is 0 Å². The molecule has 11 heteroatoms. The Hall–Kier alpha value is -2.67. The number of carbonyl (C=O) groups is 1. The molecule has 4 rings (SSSR count). The highest BCUT2D eigenvalue weighted by atomic mass is 127. The number of allylic oxidation sites excluding steroid dienone is 2. The highest BCUT2D eigenvalue weighted by Gasteiger charge is 2.19. The summed E-state index contributed by atoms with van der Waals surface area (Å²) in [5, 5.41) is 13.1. The standard InChI is InChI=1S/C20H20IN7O2S/c1-4-12(24-11(2)15(29)8-21)10-28-20(30)17-14(9-23-28)18-19(27(17)3)25-16(31-18)7-13-5-6-22-26-13/h4-6,9H,7-8,10H2,1-3H3,(H,22,26)/b12-4-,24-11+. The smallest absolute Gasteiger partial charge is 0.291 e. The normalized spacial score (nSPS) is 12.9. The van der Waals surface area contributed by atoms with Crippen LogP contribution in [0.5, 0.6) is 0 Å². The monoisotopic (exact) mass is 549 g/mol. The third-order valence-corrected chi connectivity index (χ3v) is 6.71. The Bertz CT molecular complexity index is 1390. The summed E-state index contributed by atoms with van der Waals surface area (Å²) in [6, 6.07) is 1.92. The van der Waals surface area contributed by atoms with Gasteiger partial charge in [-0.15, -0.1) is 11.3 Å². The fourth-order valence-corrected chi connectivity index (χ4v) is 4.96. The van der Waals surface area contributed by atoms with E-state index in [4.69, 9.17) is 4.98 Å². The maximum Gasteiger partial charge on any atom is 0.291 e. The first-order valence-corrected chi connectivity index (χ1v) is 11.9. The second kappa shape index (κ2) is 8.83. The van der Waals surface area contributed by atoms with Crippen molar-refractivity contribution in [3.63, 3.8) is 0 Å². The molecule has 0 unspecified atom stereocenters. The Labute approximate surface area is 195 Å². The molecule has 4 heterocycles. The molecule has 0 aliphatic rings. The number of aromatic nitrogens is 6. The molecule has 9 nitrogen and oxygen atoms in total. The van der Waals surface area contributed by atoms with Crippen LogP contribution in [0.25, 0.3) is 21.3 Å². The zero-order valence-electron chi connectivity index (χ0n) is 17.2. The van der Waals surface area contributed by atoms with Crippen LogP contribution in [0.1, 0.15) is 24.5 Å². The molecule has 0 aromatic carbocycles. The van der Waals surface area contributed by atoms with Gasteiger partial charge in [-0.25, -0.2) is 9.67 Å². The van der Waals surface area contributed by atoms with Crippen molar-refractivity contribution in [2.45, 2.75) is 26.8 Å². The molecule has 4 aromatic rings. The van der Waals surface area contributed by atoms with Gasteiger partial charge in [-0.2, -0.15) is 10.2 Å². The molecular formula is C20H20IN7O2S. The van der Waals surface area contributed by atoms with Crippen LogP contribution < -0.4 is 5.56 Å². The molecule has 0 bridgehead atoms. The van der Waals surface area contributed by atoms with Gasteiger partial charge in [-0.3, -0.25) is 19.7 Å². The maximum atomic E-state index is 13.2. The van der Waals surface area contributed by atoms with Crippen molar-refractivity contribution in [1.29, 1.82) is 0 Å². The van der Waals surface area contributed by atoms with E-state index < -0.39 is 0 Å². The molecule has 0 aliphatic heterocycles. The molecule has 0 spiro atoms. The number of fused-ring (bicyclic) bond motifs is 3. The number of Topliss-reactive ketones (excluding diaryl/α,β-unsaturated/α-hetero) is 1. The molecule has 0 fully saturated rings. The summed E-state index contributed by atoms with van der Waals surface area (Å²) in [6.07, 6.45) is 5.91. The first-order chi connectivity index (χ1) is 14.9. The van der Waals surface area contributed by atoms with E-state index in [2.05, 4.69) is 20.3 Å². The Morgan fingerprint density at radius 2 is 2.23 bits per heavy atom. The average molecular weight is 549 g/mol. The van der Waals surface area contributed by atoms with Gasteiger partial charge >= 0.3 is 0 Å². The van der Waals surface area contributed by atoms with Crippen molar-refractivity contribution in [3.05, 3.63) is 51.3 Å². The lowest BCUT2D eigenvalue weighted by molar-refractivity contribution is -0.110. The largest absolute Gasteiger partial charge is 0.323 e. The predicted octanol–water partition coefficient (Wildman–Crippen LogP) is 3.03. The molecule has 0 atom stereocenters. The van der Waals surface area contributed by atoms with Gasteiger partial charge < -0.3 is 4.57 Å². The Balaban J connectivity index is 1.71. The molecule has 4 aromatic heterocycles. The molecule has 0 aliphatic carbocycles. The van der Waals surface area contributed by atoms with Crippen LogP contribution in [-0.4, -0.2) is 45.5 Å². The fraction of sp³-hybridized carbons (Fsp3) is 0.300. The molecule has 0 saturated heterocycles. The SMILES string of the molecule is C/C=C(Cn1ncc2c3sc(Cc4cc[nH]n4)nc3n(C)c2c1=O)\N=C(/C)C(=O)CI. The maximum absolute atomic E-state index is 13.2. The molecule has 1 N–H and O–H groups in total. The predicted molar refractivity (Wildman–Crippen MR) is 130 cm³/mol. The average Bonchev–Trinajstić information content (AvgIpc) is 3.48. The summed E-state index contributed by atoms with van der Waals surface area (Å²) in [5.74, 6) is -0.0323. The van der Waals surface area contributed by atoms with E-state index in [0.717, 1.165) is 26.4 Å². The Kier molecular flexibility index (Phi) is 6.14. The number of hydrogen-bond acceptors (Lipinski definition) is 7. The second-order valence-electron chi connectivity index (χ2n) is 6.97. The van der Waals surface area contributed by atoms with Gasteiger partial charge in [0, 0.05) is 25.1 Å². The molecular weight excluding hydrogens is 529 g/mol.